The second-order valence-electron chi connectivity index (χ2n) is 3.82. The van der Waals surface area contributed by atoms with Crippen LogP contribution in [-0.4, -0.2) is 43.7 Å². The van der Waals surface area contributed by atoms with Gasteiger partial charge in [-0.25, -0.2) is 0 Å². The topological polar surface area (TPSA) is 55.6 Å². The van der Waals surface area contributed by atoms with Gasteiger partial charge in [-0.05, 0) is 32.4 Å². The van der Waals surface area contributed by atoms with E-state index in [9.17, 15) is 4.79 Å². The summed E-state index contributed by atoms with van der Waals surface area (Å²) < 4.78 is 4.57. The van der Waals surface area contributed by atoms with Gasteiger partial charge in [-0.2, -0.15) is 0 Å². The highest BCUT2D eigenvalue weighted by Gasteiger charge is 2.16. The number of carbonyl (C=O) groups is 1. The van der Waals surface area contributed by atoms with Crippen LogP contribution in [-0.2, 0) is 9.53 Å². The van der Waals surface area contributed by atoms with Gasteiger partial charge in [0.15, 0.2) is 0 Å². The predicted octanol–water partition coefficient (Wildman–Crippen LogP) is 1.21. The third-order valence-electron chi connectivity index (χ3n) is 2.71. The van der Waals surface area contributed by atoms with Crippen LogP contribution in [0, 0.1) is 0 Å². The third kappa shape index (κ3) is 6.53. The van der Waals surface area contributed by atoms with E-state index in [4.69, 9.17) is 5.73 Å². The summed E-state index contributed by atoms with van der Waals surface area (Å²) in [6.07, 6.45) is 4.58. The Morgan fingerprint density at radius 1 is 1.31 bits per heavy atom. The standard InChI is InChI=1S/C10H20N2O2.2ClH/c1-14-10(13)9(11)5-8-12-6-3-2-4-7-12;;/h9H,2-8,11H2,1H3;2*1H. The minimum atomic E-state index is -0.457. The van der Waals surface area contributed by atoms with Crippen molar-refractivity contribution in [2.24, 2.45) is 5.73 Å². The van der Waals surface area contributed by atoms with E-state index in [1.165, 1.54) is 26.4 Å². The summed E-state index contributed by atoms with van der Waals surface area (Å²) in [7, 11) is 1.38. The molecule has 1 atom stereocenters. The van der Waals surface area contributed by atoms with Gasteiger partial charge >= 0.3 is 5.97 Å². The van der Waals surface area contributed by atoms with Gasteiger partial charge in [0.25, 0.3) is 0 Å². The minimum Gasteiger partial charge on any atom is -0.468 e. The SMILES string of the molecule is COC(=O)C(N)CCN1CCCCC1.Cl.Cl. The van der Waals surface area contributed by atoms with Crippen molar-refractivity contribution in [3.8, 4) is 0 Å². The molecule has 16 heavy (non-hydrogen) atoms. The lowest BCUT2D eigenvalue weighted by molar-refractivity contribution is -0.142. The van der Waals surface area contributed by atoms with Crippen LogP contribution in [0.15, 0.2) is 0 Å². The molecule has 1 heterocycles. The minimum absolute atomic E-state index is 0. The molecule has 6 heteroatoms. The lowest BCUT2D eigenvalue weighted by atomic mass is 10.1. The molecule has 0 bridgehead atoms. The summed E-state index contributed by atoms with van der Waals surface area (Å²) in [5.74, 6) is -0.304. The number of hydrogen-bond donors (Lipinski definition) is 1. The number of likely N-dealkylation sites (tertiary alicyclic amines) is 1. The Labute approximate surface area is 110 Å². The van der Waals surface area contributed by atoms with Crippen LogP contribution in [0.3, 0.4) is 0 Å². The van der Waals surface area contributed by atoms with E-state index in [1.54, 1.807) is 0 Å². The first-order valence-electron chi connectivity index (χ1n) is 5.30. The van der Waals surface area contributed by atoms with Crippen LogP contribution >= 0.6 is 24.8 Å². The molecule has 1 rings (SSSR count). The van der Waals surface area contributed by atoms with Gasteiger partial charge in [-0.15, -0.1) is 24.8 Å². The molecule has 1 saturated heterocycles. The second-order valence-corrected chi connectivity index (χ2v) is 3.82. The van der Waals surface area contributed by atoms with Crippen molar-refractivity contribution in [1.82, 2.24) is 4.90 Å². The Balaban J connectivity index is 0. The lowest BCUT2D eigenvalue weighted by Crippen LogP contribution is -2.38. The maximum absolute atomic E-state index is 11.0. The molecule has 0 aromatic heterocycles. The molecular formula is C10H22Cl2N2O2. The number of rotatable bonds is 4. The van der Waals surface area contributed by atoms with Gasteiger partial charge in [0.2, 0.25) is 0 Å². The van der Waals surface area contributed by atoms with E-state index in [2.05, 4.69) is 9.64 Å². The zero-order chi connectivity index (χ0) is 10.4. The first-order valence-corrected chi connectivity index (χ1v) is 5.30. The molecule has 1 aliphatic heterocycles. The average Bonchev–Trinajstić information content (AvgIpc) is 2.26. The molecule has 1 fully saturated rings. The quantitative estimate of drug-likeness (QED) is 0.782. The number of hydrogen-bond acceptors (Lipinski definition) is 4. The van der Waals surface area contributed by atoms with E-state index in [-0.39, 0.29) is 30.8 Å². The van der Waals surface area contributed by atoms with Crippen LogP contribution in [0.1, 0.15) is 25.7 Å². The van der Waals surface area contributed by atoms with E-state index < -0.39 is 6.04 Å². The smallest absolute Gasteiger partial charge is 0.322 e. The number of piperidine rings is 1. The lowest BCUT2D eigenvalue weighted by Gasteiger charge is -2.26. The first-order chi connectivity index (χ1) is 6.74. The normalized spacial score (nSPS) is 17.9. The summed E-state index contributed by atoms with van der Waals surface area (Å²) in [6, 6.07) is -0.457. The van der Waals surface area contributed by atoms with Crippen LogP contribution in [0.2, 0.25) is 0 Å². The van der Waals surface area contributed by atoms with Crippen LogP contribution in [0.4, 0.5) is 0 Å². The van der Waals surface area contributed by atoms with Gasteiger partial charge in [0.05, 0.1) is 7.11 Å². The molecule has 98 valence electrons. The van der Waals surface area contributed by atoms with Crippen LogP contribution in [0.25, 0.3) is 0 Å². The highest BCUT2D eigenvalue weighted by atomic mass is 35.5. The summed E-state index contributed by atoms with van der Waals surface area (Å²) >= 11 is 0. The van der Waals surface area contributed by atoms with Gasteiger partial charge in [0, 0.05) is 6.54 Å². The Bertz CT molecular complexity index is 188. The van der Waals surface area contributed by atoms with Crippen molar-refractivity contribution in [3.05, 3.63) is 0 Å². The van der Waals surface area contributed by atoms with Crippen molar-refractivity contribution < 1.29 is 9.53 Å². The molecule has 0 aromatic rings. The van der Waals surface area contributed by atoms with Gasteiger partial charge in [0.1, 0.15) is 6.04 Å². The third-order valence-corrected chi connectivity index (χ3v) is 2.71. The zero-order valence-corrected chi connectivity index (χ0v) is 11.3. The maximum atomic E-state index is 11.0. The molecule has 0 saturated carbocycles. The largest absolute Gasteiger partial charge is 0.468 e. The van der Waals surface area contributed by atoms with E-state index in [1.807, 2.05) is 0 Å². The number of esters is 1. The summed E-state index contributed by atoms with van der Waals surface area (Å²) in [5, 5.41) is 0. The molecule has 0 aliphatic carbocycles. The van der Waals surface area contributed by atoms with Gasteiger partial charge in [-0.3, -0.25) is 4.79 Å². The number of nitrogens with zero attached hydrogens (tertiary/aromatic N) is 1. The number of ether oxygens (including phenoxy) is 1. The van der Waals surface area contributed by atoms with Crippen molar-refractivity contribution >= 4 is 30.8 Å². The Kier molecular flexibility index (Phi) is 11.6. The Hall–Kier alpha value is -0.0300. The van der Waals surface area contributed by atoms with Crippen LogP contribution < -0.4 is 5.73 Å². The fourth-order valence-corrected chi connectivity index (χ4v) is 1.77. The molecule has 0 aromatic carbocycles. The van der Waals surface area contributed by atoms with E-state index in [0.29, 0.717) is 6.42 Å². The fraction of sp³-hybridized carbons (Fsp3) is 0.900. The predicted molar refractivity (Wildman–Crippen MR) is 69.4 cm³/mol. The summed E-state index contributed by atoms with van der Waals surface area (Å²) in [6.45, 7) is 3.21. The molecule has 4 nitrogen and oxygen atoms in total. The summed E-state index contributed by atoms with van der Waals surface area (Å²) in [4.78, 5) is 13.4. The molecule has 1 aliphatic rings. The molecule has 0 radical (unpaired) electrons. The molecule has 0 spiro atoms. The van der Waals surface area contributed by atoms with Gasteiger partial charge in [-0.1, -0.05) is 6.42 Å². The van der Waals surface area contributed by atoms with Gasteiger partial charge < -0.3 is 15.4 Å². The number of methoxy groups -OCH3 is 1. The van der Waals surface area contributed by atoms with E-state index in [0.717, 1.165) is 19.6 Å². The number of halogens is 2. The van der Waals surface area contributed by atoms with Crippen molar-refractivity contribution in [1.29, 1.82) is 0 Å². The number of carbonyl (C=O) groups excluding carboxylic acids is 1. The monoisotopic (exact) mass is 272 g/mol. The second kappa shape index (κ2) is 10.1. The van der Waals surface area contributed by atoms with Crippen molar-refractivity contribution in [2.45, 2.75) is 31.7 Å². The zero-order valence-electron chi connectivity index (χ0n) is 9.68. The average molecular weight is 273 g/mol. The molecular weight excluding hydrogens is 251 g/mol. The first kappa shape index (κ1) is 18.3. The van der Waals surface area contributed by atoms with Crippen molar-refractivity contribution in [2.75, 3.05) is 26.7 Å². The molecule has 2 N–H and O–H groups in total. The Morgan fingerprint density at radius 3 is 2.38 bits per heavy atom. The Morgan fingerprint density at radius 2 is 1.88 bits per heavy atom. The van der Waals surface area contributed by atoms with Crippen LogP contribution in [0.5, 0.6) is 0 Å². The number of nitrogens with two attached hydrogens (primary N) is 1. The van der Waals surface area contributed by atoms with E-state index >= 15 is 0 Å². The maximum Gasteiger partial charge on any atom is 0.322 e. The highest BCUT2D eigenvalue weighted by molar-refractivity contribution is 5.85. The highest BCUT2D eigenvalue weighted by Crippen LogP contribution is 2.09. The molecule has 1 unspecified atom stereocenters. The summed E-state index contributed by atoms with van der Waals surface area (Å²) in [5.41, 5.74) is 5.64. The fourth-order valence-electron chi connectivity index (χ4n) is 1.77. The van der Waals surface area contributed by atoms with Crippen molar-refractivity contribution in [3.63, 3.8) is 0 Å². The molecule has 0 amide bonds.